The number of rotatable bonds is 6. The zero-order chi connectivity index (χ0) is 13.7. The summed E-state index contributed by atoms with van der Waals surface area (Å²) in [4.78, 5) is 4.22. The van der Waals surface area contributed by atoms with Crippen LogP contribution >= 0.6 is 0 Å². The smallest absolute Gasteiger partial charge is 0.140 e. The molecule has 2 rings (SSSR count). The number of aryl methyl sites for hydroxylation is 1. The summed E-state index contributed by atoms with van der Waals surface area (Å²) in [5.74, 6) is 0.744. The molecule has 0 radical (unpaired) electrons. The van der Waals surface area contributed by atoms with Crippen molar-refractivity contribution in [1.82, 2.24) is 20.1 Å². The Kier molecular flexibility index (Phi) is 4.63. The molecular weight excluding hydrogens is 243 g/mol. The monoisotopic (exact) mass is 262 g/mol. The Morgan fingerprint density at radius 2 is 2.05 bits per heavy atom. The average molecular weight is 262 g/mol. The first-order valence-corrected chi connectivity index (χ1v) is 6.53. The Balaban J connectivity index is 1.84. The standard InChI is InChI=1S/C14H19FN4/c1-3-19-14(17-10-18-19)9-16-11(2)8-12-4-6-13(15)7-5-12/h4-7,10-11,16H,3,8-9H2,1-2H3. The Morgan fingerprint density at radius 3 is 2.74 bits per heavy atom. The van der Waals surface area contributed by atoms with Gasteiger partial charge in [0.2, 0.25) is 0 Å². The molecule has 5 heteroatoms. The Labute approximate surface area is 112 Å². The summed E-state index contributed by atoms with van der Waals surface area (Å²) in [6, 6.07) is 6.93. The van der Waals surface area contributed by atoms with Crippen molar-refractivity contribution in [1.29, 1.82) is 0 Å². The summed E-state index contributed by atoms with van der Waals surface area (Å²) >= 11 is 0. The molecule has 1 heterocycles. The topological polar surface area (TPSA) is 42.7 Å². The average Bonchev–Trinajstić information content (AvgIpc) is 2.86. The van der Waals surface area contributed by atoms with Crippen LogP contribution in [0.25, 0.3) is 0 Å². The van der Waals surface area contributed by atoms with Crippen molar-refractivity contribution in [3.63, 3.8) is 0 Å². The molecule has 0 saturated heterocycles. The van der Waals surface area contributed by atoms with Crippen LogP contribution in [-0.2, 0) is 19.5 Å². The first-order chi connectivity index (χ1) is 9.19. The van der Waals surface area contributed by atoms with E-state index in [9.17, 15) is 4.39 Å². The van der Waals surface area contributed by atoms with E-state index in [1.54, 1.807) is 6.33 Å². The van der Waals surface area contributed by atoms with Gasteiger partial charge in [-0.3, -0.25) is 0 Å². The van der Waals surface area contributed by atoms with Crippen LogP contribution in [0.5, 0.6) is 0 Å². The maximum atomic E-state index is 12.8. The molecule has 0 aliphatic heterocycles. The van der Waals surface area contributed by atoms with Gasteiger partial charge in [0, 0.05) is 12.6 Å². The van der Waals surface area contributed by atoms with E-state index in [2.05, 4.69) is 22.3 Å². The van der Waals surface area contributed by atoms with Gasteiger partial charge in [-0.05, 0) is 38.0 Å². The molecule has 0 aliphatic carbocycles. The quantitative estimate of drug-likeness (QED) is 0.867. The predicted octanol–water partition coefficient (Wildman–Crippen LogP) is 2.16. The highest BCUT2D eigenvalue weighted by Crippen LogP contribution is 2.06. The van der Waals surface area contributed by atoms with Crippen molar-refractivity contribution >= 4 is 0 Å². The van der Waals surface area contributed by atoms with Crippen LogP contribution in [-0.4, -0.2) is 20.8 Å². The molecular formula is C14H19FN4. The molecule has 0 fully saturated rings. The number of nitrogens with zero attached hydrogens (tertiary/aromatic N) is 3. The van der Waals surface area contributed by atoms with Crippen LogP contribution in [0.15, 0.2) is 30.6 Å². The van der Waals surface area contributed by atoms with Crippen molar-refractivity contribution in [2.75, 3.05) is 0 Å². The Morgan fingerprint density at radius 1 is 1.32 bits per heavy atom. The normalized spacial score (nSPS) is 12.6. The lowest BCUT2D eigenvalue weighted by molar-refractivity contribution is 0.507. The molecule has 102 valence electrons. The highest BCUT2D eigenvalue weighted by Gasteiger charge is 2.06. The van der Waals surface area contributed by atoms with Gasteiger partial charge in [0.25, 0.3) is 0 Å². The van der Waals surface area contributed by atoms with Gasteiger partial charge >= 0.3 is 0 Å². The van der Waals surface area contributed by atoms with E-state index >= 15 is 0 Å². The van der Waals surface area contributed by atoms with E-state index in [0.717, 1.165) is 24.4 Å². The second-order valence-electron chi connectivity index (χ2n) is 4.60. The third-order valence-corrected chi connectivity index (χ3v) is 3.06. The van der Waals surface area contributed by atoms with Crippen molar-refractivity contribution in [2.24, 2.45) is 0 Å². The number of nitrogens with one attached hydrogen (secondary N) is 1. The molecule has 1 N–H and O–H groups in total. The van der Waals surface area contributed by atoms with E-state index in [-0.39, 0.29) is 5.82 Å². The Hall–Kier alpha value is -1.75. The molecule has 2 aromatic rings. The minimum absolute atomic E-state index is 0.194. The maximum absolute atomic E-state index is 12.8. The zero-order valence-electron chi connectivity index (χ0n) is 11.3. The molecule has 1 aromatic heterocycles. The number of aromatic nitrogens is 3. The molecule has 4 nitrogen and oxygen atoms in total. The van der Waals surface area contributed by atoms with E-state index in [1.165, 1.54) is 12.1 Å². The summed E-state index contributed by atoms with van der Waals surface area (Å²) in [7, 11) is 0. The molecule has 19 heavy (non-hydrogen) atoms. The lowest BCUT2D eigenvalue weighted by atomic mass is 10.1. The molecule has 0 amide bonds. The van der Waals surface area contributed by atoms with Gasteiger partial charge in [0.15, 0.2) is 0 Å². The number of benzene rings is 1. The van der Waals surface area contributed by atoms with Crippen LogP contribution in [0.1, 0.15) is 25.2 Å². The van der Waals surface area contributed by atoms with Crippen molar-refractivity contribution < 1.29 is 4.39 Å². The van der Waals surface area contributed by atoms with Gasteiger partial charge < -0.3 is 5.32 Å². The maximum Gasteiger partial charge on any atom is 0.140 e. The fourth-order valence-electron chi connectivity index (χ4n) is 2.00. The zero-order valence-corrected chi connectivity index (χ0v) is 11.3. The second kappa shape index (κ2) is 6.43. The van der Waals surface area contributed by atoms with Gasteiger partial charge in [-0.1, -0.05) is 12.1 Å². The molecule has 0 aliphatic rings. The van der Waals surface area contributed by atoms with E-state index in [1.807, 2.05) is 23.7 Å². The van der Waals surface area contributed by atoms with Crippen LogP contribution in [0.3, 0.4) is 0 Å². The highest BCUT2D eigenvalue weighted by molar-refractivity contribution is 5.17. The highest BCUT2D eigenvalue weighted by atomic mass is 19.1. The lowest BCUT2D eigenvalue weighted by Crippen LogP contribution is -2.29. The fourth-order valence-corrected chi connectivity index (χ4v) is 2.00. The lowest BCUT2D eigenvalue weighted by Gasteiger charge is -2.13. The van der Waals surface area contributed by atoms with Gasteiger partial charge in [-0.15, -0.1) is 0 Å². The summed E-state index contributed by atoms with van der Waals surface area (Å²) in [5, 5.41) is 7.54. The van der Waals surface area contributed by atoms with E-state index < -0.39 is 0 Å². The summed E-state index contributed by atoms with van der Waals surface area (Å²) in [5.41, 5.74) is 1.12. The third kappa shape index (κ3) is 3.86. The number of hydrogen-bond donors (Lipinski definition) is 1. The van der Waals surface area contributed by atoms with E-state index in [0.29, 0.717) is 12.6 Å². The van der Waals surface area contributed by atoms with Crippen LogP contribution in [0, 0.1) is 5.82 Å². The first kappa shape index (κ1) is 13.7. The molecule has 1 unspecified atom stereocenters. The van der Waals surface area contributed by atoms with E-state index in [4.69, 9.17) is 0 Å². The van der Waals surface area contributed by atoms with Crippen molar-refractivity contribution in [2.45, 2.75) is 39.4 Å². The van der Waals surface area contributed by atoms with Gasteiger partial charge in [0.05, 0.1) is 6.54 Å². The summed E-state index contributed by atoms with van der Waals surface area (Å²) in [6.07, 6.45) is 2.44. The molecule has 1 atom stereocenters. The van der Waals surface area contributed by atoms with Crippen LogP contribution in [0.4, 0.5) is 4.39 Å². The van der Waals surface area contributed by atoms with Crippen molar-refractivity contribution in [3.05, 3.63) is 47.8 Å². The second-order valence-corrected chi connectivity index (χ2v) is 4.60. The SMILES string of the molecule is CCn1ncnc1CNC(C)Cc1ccc(F)cc1. The summed E-state index contributed by atoms with van der Waals surface area (Å²) in [6.45, 7) is 5.66. The molecule has 0 spiro atoms. The first-order valence-electron chi connectivity index (χ1n) is 6.53. The molecule has 0 bridgehead atoms. The number of halogens is 1. The summed E-state index contributed by atoms with van der Waals surface area (Å²) < 4.78 is 14.7. The molecule has 0 saturated carbocycles. The van der Waals surface area contributed by atoms with Crippen LogP contribution in [0.2, 0.25) is 0 Å². The Bertz CT molecular complexity index is 506. The minimum atomic E-state index is -0.194. The minimum Gasteiger partial charge on any atom is -0.307 e. The number of hydrogen-bond acceptors (Lipinski definition) is 3. The van der Waals surface area contributed by atoms with Gasteiger partial charge in [-0.2, -0.15) is 5.10 Å². The van der Waals surface area contributed by atoms with Crippen LogP contribution < -0.4 is 5.32 Å². The predicted molar refractivity (Wildman–Crippen MR) is 72.1 cm³/mol. The fraction of sp³-hybridized carbons (Fsp3) is 0.429. The largest absolute Gasteiger partial charge is 0.307 e. The third-order valence-electron chi connectivity index (χ3n) is 3.06. The van der Waals surface area contributed by atoms with Crippen molar-refractivity contribution in [3.8, 4) is 0 Å². The van der Waals surface area contributed by atoms with Gasteiger partial charge in [-0.25, -0.2) is 14.1 Å². The van der Waals surface area contributed by atoms with Gasteiger partial charge in [0.1, 0.15) is 18.0 Å². The molecule has 1 aromatic carbocycles.